The standard InChI is InChI=1S/C4H5NO3/c6-3-1-2(5-3)4(7)8/h2H,1H2,(H,5,6)(H,7,8)/t2-/m1/s1. The first-order valence-corrected chi connectivity index (χ1v) is 2.22. The van der Waals surface area contributed by atoms with E-state index in [4.69, 9.17) is 5.11 Å². The summed E-state index contributed by atoms with van der Waals surface area (Å²) in [6, 6.07) is -0.623. The van der Waals surface area contributed by atoms with Gasteiger partial charge in [0.1, 0.15) is 6.04 Å². The predicted octanol–water partition coefficient (Wildman–Crippen LogP) is -1.04. The smallest absolute Gasteiger partial charge is 0.326 e. The Balaban J connectivity index is 2.35. The topological polar surface area (TPSA) is 66.4 Å². The predicted molar refractivity (Wildman–Crippen MR) is 24.2 cm³/mol. The van der Waals surface area contributed by atoms with Gasteiger partial charge < -0.3 is 10.4 Å². The maximum atomic E-state index is 10.0. The minimum atomic E-state index is -0.954. The maximum Gasteiger partial charge on any atom is 0.326 e. The number of β-lactam (4-membered cyclic amide) rings is 1. The molecule has 0 bridgehead atoms. The normalized spacial score (nSPS) is 26.0. The lowest BCUT2D eigenvalue weighted by Gasteiger charge is -2.21. The summed E-state index contributed by atoms with van der Waals surface area (Å²) in [5.74, 6) is -1.14. The SMILES string of the molecule is O=C1C[C@H](C(=O)O)N1. The molecular formula is C4H5NO3. The van der Waals surface area contributed by atoms with Gasteiger partial charge in [-0.2, -0.15) is 0 Å². The first-order chi connectivity index (χ1) is 3.70. The summed E-state index contributed by atoms with van der Waals surface area (Å²) in [7, 11) is 0. The lowest BCUT2D eigenvalue weighted by Crippen LogP contribution is -2.53. The Labute approximate surface area is 45.5 Å². The summed E-state index contributed by atoms with van der Waals surface area (Å²) >= 11 is 0. The van der Waals surface area contributed by atoms with Crippen LogP contribution in [0.4, 0.5) is 0 Å². The largest absolute Gasteiger partial charge is 0.480 e. The van der Waals surface area contributed by atoms with Crippen molar-refractivity contribution < 1.29 is 14.7 Å². The highest BCUT2D eigenvalue weighted by Gasteiger charge is 2.31. The van der Waals surface area contributed by atoms with E-state index in [0.29, 0.717) is 0 Å². The van der Waals surface area contributed by atoms with Gasteiger partial charge in [-0.05, 0) is 0 Å². The van der Waals surface area contributed by atoms with Crippen LogP contribution in [0.1, 0.15) is 6.42 Å². The van der Waals surface area contributed by atoms with Crippen molar-refractivity contribution in [3.05, 3.63) is 0 Å². The number of carbonyl (C=O) groups excluding carboxylic acids is 1. The van der Waals surface area contributed by atoms with Gasteiger partial charge in [0.2, 0.25) is 5.91 Å². The molecule has 1 fully saturated rings. The van der Waals surface area contributed by atoms with Crippen LogP contribution in [0.25, 0.3) is 0 Å². The van der Waals surface area contributed by atoms with Gasteiger partial charge in [-0.3, -0.25) is 4.79 Å². The van der Waals surface area contributed by atoms with E-state index in [1.54, 1.807) is 0 Å². The fraction of sp³-hybridized carbons (Fsp3) is 0.500. The summed E-state index contributed by atoms with van der Waals surface area (Å²) < 4.78 is 0. The van der Waals surface area contributed by atoms with Crippen LogP contribution >= 0.6 is 0 Å². The minimum absolute atomic E-state index is 0.134. The Hall–Kier alpha value is -1.06. The Kier molecular flexibility index (Phi) is 0.932. The number of aliphatic carboxylic acids is 1. The summed E-state index contributed by atoms with van der Waals surface area (Å²) in [4.78, 5) is 20.0. The quantitative estimate of drug-likeness (QED) is 0.429. The number of carboxylic acids is 1. The van der Waals surface area contributed by atoms with Crippen LogP contribution in [0.2, 0.25) is 0 Å². The average molecular weight is 115 g/mol. The molecule has 1 rings (SSSR count). The van der Waals surface area contributed by atoms with E-state index < -0.39 is 12.0 Å². The summed E-state index contributed by atoms with van der Waals surface area (Å²) in [6.07, 6.45) is 0.134. The summed E-state index contributed by atoms with van der Waals surface area (Å²) in [6.45, 7) is 0. The van der Waals surface area contributed by atoms with Gasteiger partial charge in [-0.25, -0.2) is 4.79 Å². The molecule has 44 valence electrons. The molecule has 1 atom stereocenters. The third kappa shape index (κ3) is 0.641. The average Bonchev–Trinajstić information content (AvgIpc) is 1.57. The molecule has 0 unspecified atom stereocenters. The zero-order chi connectivity index (χ0) is 6.15. The highest BCUT2D eigenvalue weighted by Crippen LogP contribution is 2.02. The first-order valence-electron chi connectivity index (χ1n) is 2.22. The van der Waals surface area contributed by atoms with Crippen LogP contribution in [0.15, 0.2) is 0 Å². The van der Waals surface area contributed by atoms with E-state index >= 15 is 0 Å². The molecule has 0 aliphatic carbocycles. The van der Waals surface area contributed by atoms with E-state index in [0.717, 1.165) is 0 Å². The monoisotopic (exact) mass is 115 g/mol. The second kappa shape index (κ2) is 1.47. The zero-order valence-electron chi connectivity index (χ0n) is 4.05. The molecule has 1 amide bonds. The molecule has 4 nitrogen and oxygen atoms in total. The van der Waals surface area contributed by atoms with Crippen molar-refractivity contribution in [2.45, 2.75) is 12.5 Å². The van der Waals surface area contributed by atoms with Crippen LogP contribution in [0.5, 0.6) is 0 Å². The van der Waals surface area contributed by atoms with Crippen molar-refractivity contribution in [3.63, 3.8) is 0 Å². The van der Waals surface area contributed by atoms with Crippen molar-refractivity contribution in [2.24, 2.45) is 0 Å². The Morgan fingerprint density at radius 2 is 2.38 bits per heavy atom. The summed E-state index contributed by atoms with van der Waals surface area (Å²) in [5.41, 5.74) is 0. The van der Waals surface area contributed by atoms with Gasteiger partial charge >= 0.3 is 5.97 Å². The third-order valence-corrected chi connectivity index (χ3v) is 1.02. The van der Waals surface area contributed by atoms with Gasteiger partial charge in [0.25, 0.3) is 0 Å². The van der Waals surface area contributed by atoms with Crippen LogP contribution < -0.4 is 5.32 Å². The van der Waals surface area contributed by atoms with E-state index in [2.05, 4.69) is 5.32 Å². The molecule has 0 aromatic carbocycles. The number of hydrogen-bond donors (Lipinski definition) is 2. The van der Waals surface area contributed by atoms with Gasteiger partial charge in [-0.1, -0.05) is 0 Å². The molecule has 1 heterocycles. The summed E-state index contributed by atoms with van der Waals surface area (Å²) in [5, 5.41) is 10.3. The van der Waals surface area contributed by atoms with Gasteiger partial charge in [-0.15, -0.1) is 0 Å². The van der Waals surface area contributed by atoms with E-state index in [1.165, 1.54) is 0 Å². The molecule has 1 aliphatic rings. The lowest BCUT2D eigenvalue weighted by atomic mass is 10.1. The van der Waals surface area contributed by atoms with E-state index in [-0.39, 0.29) is 12.3 Å². The maximum absolute atomic E-state index is 10.0. The first kappa shape index (κ1) is 5.08. The van der Waals surface area contributed by atoms with Crippen LogP contribution in [-0.2, 0) is 9.59 Å². The number of carbonyl (C=O) groups is 2. The molecular weight excluding hydrogens is 110 g/mol. The van der Waals surface area contributed by atoms with Crippen LogP contribution in [0, 0.1) is 0 Å². The van der Waals surface area contributed by atoms with Crippen molar-refractivity contribution >= 4 is 11.9 Å². The lowest BCUT2D eigenvalue weighted by molar-refractivity contribution is -0.147. The zero-order valence-corrected chi connectivity index (χ0v) is 4.05. The van der Waals surface area contributed by atoms with Crippen LogP contribution in [0.3, 0.4) is 0 Å². The molecule has 0 spiro atoms. The van der Waals surface area contributed by atoms with Crippen molar-refractivity contribution in [1.82, 2.24) is 5.32 Å². The third-order valence-electron chi connectivity index (χ3n) is 1.02. The fourth-order valence-corrected chi connectivity index (χ4v) is 0.508. The molecule has 0 saturated carbocycles. The fourth-order valence-electron chi connectivity index (χ4n) is 0.508. The molecule has 0 aromatic heterocycles. The number of amides is 1. The van der Waals surface area contributed by atoms with Gasteiger partial charge in [0, 0.05) is 0 Å². The van der Waals surface area contributed by atoms with Gasteiger partial charge in [0.05, 0.1) is 6.42 Å². The van der Waals surface area contributed by atoms with Crippen LogP contribution in [-0.4, -0.2) is 23.0 Å². The Morgan fingerprint density at radius 3 is 2.50 bits per heavy atom. The van der Waals surface area contributed by atoms with Crippen molar-refractivity contribution in [1.29, 1.82) is 0 Å². The van der Waals surface area contributed by atoms with E-state index in [1.807, 2.05) is 0 Å². The molecule has 2 N–H and O–H groups in total. The van der Waals surface area contributed by atoms with Crippen molar-refractivity contribution in [2.75, 3.05) is 0 Å². The number of rotatable bonds is 1. The number of nitrogens with one attached hydrogen (secondary N) is 1. The minimum Gasteiger partial charge on any atom is -0.480 e. The number of carboxylic acid groups (broad SMARTS) is 1. The highest BCUT2D eigenvalue weighted by atomic mass is 16.4. The highest BCUT2D eigenvalue weighted by molar-refractivity contribution is 5.94. The second-order valence-corrected chi connectivity index (χ2v) is 1.66. The van der Waals surface area contributed by atoms with Gasteiger partial charge in [0.15, 0.2) is 0 Å². The molecule has 8 heavy (non-hydrogen) atoms. The van der Waals surface area contributed by atoms with Crippen molar-refractivity contribution in [3.8, 4) is 0 Å². The Bertz CT molecular complexity index is 134. The molecule has 1 aliphatic heterocycles. The van der Waals surface area contributed by atoms with E-state index in [9.17, 15) is 9.59 Å². The Morgan fingerprint density at radius 1 is 1.88 bits per heavy atom. The number of hydrogen-bond acceptors (Lipinski definition) is 2. The molecule has 4 heteroatoms. The molecule has 0 radical (unpaired) electrons. The molecule has 1 saturated heterocycles. The molecule has 0 aromatic rings. The second-order valence-electron chi connectivity index (χ2n) is 1.66.